The molecule has 0 aliphatic carbocycles. The number of anilines is 1. The topological polar surface area (TPSA) is 81.2 Å². The summed E-state index contributed by atoms with van der Waals surface area (Å²) in [4.78, 5) is 8.51. The molecule has 28 heavy (non-hydrogen) atoms. The van der Waals surface area contributed by atoms with E-state index in [4.69, 9.17) is 4.74 Å². The van der Waals surface area contributed by atoms with Crippen LogP contribution in [-0.4, -0.2) is 18.4 Å². The Morgan fingerprint density at radius 3 is 2.11 bits per heavy atom. The zero-order chi connectivity index (χ0) is 20.1. The fourth-order valence-electron chi connectivity index (χ4n) is 2.49. The average Bonchev–Trinajstić information content (AvgIpc) is 2.65. The number of ether oxygens (including phenoxy) is 1. The molecule has 0 amide bonds. The van der Waals surface area contributed by atoms with Gasteiger partial charge < -0.3 is 4.74 Å². The van der Waals surface area contributed by atoms with Crippen molar-refractivity contribution in [1.29, 1.82) is 0 Å². The summed E-state index contributed by atoms with van der Waals surface area (Å²) >= 11 is 0. The molecular formula is C21H21N3O3S. The lowest BCUT2D eigenvalue weighted by Gasteiger charge is -2.12. The zero-order valence-electron chi connectivity index (χ0n) is 15.9. The van der Waals surface area contributed by atoms with Gasteiger partial charge in [-0.05, 0) is 44.5 Å². The van der Waals surface area contributed by atoms with E-state index in [9.17, 15) is 8.42 Å². The number of aromatic nitrogens is 2. The van der Waals surface area contributed by atoms with Crippen molar-refractivity contribution in [2.24, 2.45) is 0 Å². The third-order valence-corrected chi connectivity index (χ3v) is 4.95. The molecule has 3 rings (SSSR count). The Hall–Kier alpha value is -3.19. The first-order chi connectivity index (χ1) is 13.3. The van der Waals surface area contributed by atoms with Crippen LogP contribution in [0.1, 0.15) is 22.5 Å². The van der Waals surface area contributed by atoms with E-state index >= 15 is 0 Å². The van der Waals surface area contributed by atoms with Gasteiger partial charge in [-0.15, -0.1) is 0 Å². The van der Waals surface area contributed by atoms with Crippen LogP contribution in [0.3, 0.4) is 0 Å². The van der Waals surface area contributed by atoms with Gasteiger partial charge in [-0.3, -0.25) is 4.72 Å². The minimum Gasteiger partial charge on any atom is -0.424 e. The highest BCUT2D eigenvalue weighted by Gasteiger charge is 2.15. The molecule has 0 fully saturated rings. The molecule has 0 saturated carbocycles. The standard InChI is InChI=1S/C21H21N3O3S/c1-15-9-11-18(12-10-15)13-14-28(25,26)24-20-16(2)22-21(23-17(20)3)27-19-7-5-4-6-8-19/h4-14,24H,1-3H3/b14-13+. The van der Waals surface area contributed by atoms with E-state index in [0.717, 1.165) is 16.5 Å². The number of rotatable bonds is 6. The number of aryl methyl sites for hydroxylation is 3. The van der Waals surface area contributed by atoms with Crippen molar-refractivity contribution >= 4 is 21.8 Å². The maximum atomic E-state index is 12.4. The molecule has 0 unspecified atom stereocenters. The number of hydrogen-bond donors (Lipinski definition) is 1. The van der Waals surface area contributed by atoms with Crippen molar-refractivity contribution in [2.75, 3.05) is 4.72 Å². The largest absolute Gasteiger partial charge is 0.424 e. The summed E-state index contributed by atoms with van der Waals surface area (Å²) in [7, 11) is -3.71. The number of para-hydroxylation sites is 1. The van der Waals surface area contributed by atoms with Crippen LogP contribution in [0.15, 0.2) is 60.0 Å². The maximum Gasteiger partial charge on any atom is 0.322 e. The highest BCUT2D eigenvalue weighted by Crippen LogP contribution is 2.24. The SMILES string of the molecule is Cc1ccc(/C=C/S(=O)(=O)Nc2c(C)nc(Oc3ccccc3)nc2C)cc1. The Morgan fingerprint density at radius 2 is 1.50 bits per heavy atom. The van der Waals surface area contributed by atoms with Crippen molar-refractivity contribution in [3.63, 3.8) is 0 Å². The van der Waals surface area contributed by atoms with Crippen molar-refractivity contribution in [3.05, 3.63) is 82.5 Å². The van der Waals surface area contributed by atoms with Crippen LogP contribution in [0.2, 0.25) is 0 Å². The molecule has 0 atom stereocenters. The van der Waals surface area contributed by atoms with Crippen LogP contribution in [-0.2, 0) is 10.0 Å². The van der Waals surface area contributed by atoms with Crippen molar-refractivity contribution in [1.82, 2.24) is 9.97 Å². The van der Waals surface area contributed by atoms with Crippen LogP contribution in [0.4, 0.5) is 5.69 Å². The third kappa shape index (κ3) is 5.17. The Labute approximate surface area is 165 Å². The Kier molecular flexibility index (Phi) is 5.75. The molecule has 0 aliphatic rings. The first-order valence-electron chi connectivity index (χ1n) is 8.68. The van der Waals surface area contributed by atoms with Gasteiger partial charge in [0.1, 0.15) is 5.75 Å². The monoisotopic (exact) mass is 395 g/mol. The minimum absolute atomic E-state index is 0.166. The smallest absolute Gasteiger partial charge is 0.322 e. The summed E-state index contributed by atoms with van der Waals surface area (Å²) in [6.07, 6.45) is 1.54. The molecule has 0 radical (unpaired) electrons. The zero-order valence-corrected chi connectivity index (χ0v) is 16.7. The molecule has 0 saturated heterocycles. The quantitative estimate of drug-likeness (QED) is 0.659. The average molecular weight is 395 g/mol. The molecule has 144 valence electrons. The number of benzene rings is 2. The maximum absolute atomic E-state index is 12.4. The van der Waals surface area contributed by atoms with E-state index in [-0.39, 0.29) is 6.01 Å². The molecule has 0 aliphatic heterocycles. The second-order valence-corrected chi connectivity index (χ2v) is 7.89. The van der Waals surface area contributed by atoms with Gasteiger partial charge in [-0.2, -0.15) is 9.97 Å². The van der Waals surface area contributed by atoms with Crippen LogP contribution in [0, 0.1) is 20.8 Å². The van der Waals surface area contributed by atoms with Crippen molar-refractivity contribution in [3.8, 4) is 11.8 Å². The minimum atomic E-state index is -3.71. The molecule has 0 bridgehead atoms. The lowest BCUT2D eigenvalue weighted by atomic mass is 10.2. The lowest BCUT2D eigenvalue weighted by molar-refractivity contribution is 0.439. The lowest BCUT2D eigenvalue weighted by Crippen LogP contribution is -2.13. The molecule has 6 nitrogen and oxygen atoms in total. The first-order valence-corrected chi connectivity index (χ1v) is 10.2. The van der Waals surface area contributed by atoms with Gasteiger partial charge in [0.2, 0.25) is 0 Å². The van der Waals surface area contributed by atoms with Gasteiger partial charge in [0, 0.05) is 0 Å². The molecule has 1 aromatic heterocycles. The van der Waals surface area contributed by atoms with Gasteiger partial charge in [-0.1, -0.05) is 48.0 Å². The van der Waals surface area contributed by atoms with Gasteiger partial charge in [-0.25, -0.2) is 8.42 Å². The molecule has 2 aromatic carbocycles. The van der Waals surface area contributed by atoms with Gasteiger partial charge in [0.05, 0.1) is 22.5 Å². The predicted molar refractivity (Wildman–Crippen MR) is 111 cm³/mol. The molecule has 1 heterocycles. The Morgan fingerprint density at radius 1 is 0.893 bits per heavy atom. The van der Waals surface area contributed by atoms with Crippen LogP contribution in [0.25, 0.3) is 6.08 Å². The number of nitrogens with one attached hydrogen (secondary N) is 1. The molecular weight excluding hydrogens is 374 g/mol. The Bertz CT molecular complexity index is 1070. The van der Waals surface area contributed by atoms with Gasteiger partial charge in [0.25, 0.3) is 10.0 Å². The third-order valence-electron chi connectivity index (χ3n) is 3.96. The van der Waals surface area contributed by atoms with Gasteiger partial charge in [0.15, 0.2) is 0 Å². The second kappa shape index (κ2) is 8.22. The summed E-state index contributed by atoms with van der Waals surface area (Å²) in [5.41, 5.74) is 3.21. The second-order valence-electron chi connectivity index (χ2n) is 6.33. The van der Waals surface area contributed by atoms with E-state index in [1.807, 2.05) is 49.4 Å². The van der Waals surface area contributed by atoms with E-state index in [0.29, 0.717) is 22.8 Å². The molecule has 7 heteroatoms. The molecule has 1 N–H and O–H groups in total. The van der Waals surface area contributed by atoms with Crippen molar-refractivity contribution < 1.29 is 13.2 Å². The van der Waals surface area contributed by atoms with E-state index in [1.165, 1.54) is 0 Å². The summed E-state index contributed by atoms with van der Waals surface area (Å²) in [5.74, 6) is 0.607. The van der Waals surface area contributed by atoms with Crippen LogP contribution >= 0.6 is 0 Å². The molecule has 3 aromatic rings. The van der Waals surface area contributed by atoms with Crippen LogP contribution in [0.5, 0.6) is 11.8 Å². The van der Waals surface area contributed by atoms with E-state index in [1.54, 1.807) is 32.1 Å². The highest BCUT2D eigenvalue weighted by atomic mass is 32.2. The van der Waals surface area contributed by atoms with Crippen molar-refractivity contribution in [2.45, 2.75) is 20.8 Å². The van der Waals surface area contributed by atoms with Crippen LogP contribution < -0.4 is 9.46 Å². The summed E-state index contributed by atoms with van der Waals surface area (Å²) in [5, 5.41) is 1.13. The molecule has 0 spiro atoms. The number of nitrogens with zero attached hydrogens (tertiary/aromatic N) is 2. The fraction of sp³-hybridized carbons (Fsp3) is 0.143. The number of hydrogen-bond acceptors (Lipinski definition) is 5. The Balaban J connectivity index is 1.78. The first kappa shape index (κ1) is 19.6. The summed E-state index contributed by atoms with van der Waals surface area (Å²) in [6, 6.07) is 16.9. The van der Waals surface area contributed by atoms with E-state index in [2.05, 4.69) is 14.7 Å². The fourth-order valence-corrected chi connectivity index (χ4v) is 3.48. The van der Waals surface area contributed by atoms with Gasteiger partial charge >= 0.3 is 6.01 Å². The predicted octanol–water partition coefficient (Wildman–Crippen LogP) is 4.61. The number of sulfonamides is 1. The normalized spacial score (nSPS) is 11.5. The summed E-state index contributed by atoms with van der Waals surface area (Å²) < 4.78 is 33.0. The van der Waals surface area contributed by atoms with E-state index < -0.39 is 10.0 Å². The highest BCUT2D eigenvalue weighted by molar-refractivity contribution is 7.95. The summed E-state index contributed by atoms with van der Waals surface area (Å²) in [6.45, 7) is 5.38.